The molecular formula is C28H34N6O4. The molecule has 3 aromatic heterocycles. The van der Waals surface area contributed by atoms with Crippen molar-refractivity contribution in [3.63, 3.8) is 0 Å². The van der Waals surface area contributed by atoms with Crippen molar-refractivity contribution in [3.05, 3.63) is 47.9 Å². The summed E-state index contributed by atoms with van der Waals surface area (Å²) in [5, 5.41) is 8.82. The van der Waals surface area contributed by atoms with E-state index in [1.807, 2.05) is 17.2 Å². The van der Waals surface area contributed by atoms with E-state index in [9.17, 15) is 4.79 Å². The van der Waals surface area contributed by atoms with Crippen LogP contribution in [0, 0.1) is 0 Å². The molecule has 10 heteroatoms. The molecule has 0 bridgehead atoms. The minimum absolute atomic E-state index is 0.0942. The molecule has 0 radical (unpaired) electrons. The summed E-state index contributed by atoms with van der Waals surface area (Å²) in [4.78, 5) is 22.8. The van der Waals surface area contributed by atoms with Crippen molar-refractivity contribution in [2.24, 2.45) is 0 Å². The van der Waals surface area contributed by atoms with Gasteiger partial charge in [0.25, 0.3) is 0 Å². The van der Waals surface area contributed by atoms with Gasteiger partial charge in [-0.1, -0.05) is 19.9 Å². The summed E-state index contributed by atoms with van der Waals surface area (Å²) in [5.41, 5.74) is 5.92. The summed E-state index contributed by atoms with van der Waals surface area (Å²) >= 11 is 0. The lowest BCUT2D eigenvalue weighted by Gasteiger charge is -2.40. The minimum Gasteiger partial charge on any atom is -0.493 e. The quantitative estimate of drug-likeness (QED) is 0.387. The van der Waals surface area contributed by atoms with E-state index in [1.165, 1.54) is 11.9 Å². The van der Waals surface area contributed by atoms with Crippen LogP contribution in [-0.2, 0) is 14.3 Å². The topological polar surface area (TPSA) is 106 Å². The third-order valence-electron chi connectivity index (χ3n) is 7.59. The Labute approximate surface area is 221 Å². The molecule has 200 valence electrons. The lowest BCUT2D eigenvalue weighted by molar-refractivity contribution is -0.140. The molecule has 1 amide bonds. The van der Waals surface area contributed by atoms with Crippen molar-refractivity contribution in [2.45, 2.75) is 38.3 Å². The first-order chi connectivity index (χ1) is 18.3. The Balaban J connectivity index is 1.29. The Morgan fingerprint density at radius 2 is 2.16 bits per heavy atom. The van der Waals surface area contributed by atoms with E-state index in [1.54, 1.807) is 11.6 Å². The molecule has 5 heterocycles. The second-order valence-corrected chi connectivity index (χ2v) is 10.8. The summed E-state index contributed by atoms with van der Waals surface area (Å²) < 4.78 is 18.8. The van der Waals surface area contributed by atoms with Gasteiger partial charge in [-0.15, -0.1) is 0 Å². The van der Waals surface area contributed by atoms with Gasteiger partial charge in [-0.05, 0) is 42.2 Å². The van der Waals surface area contributed by atoms with Gasteiger partial charge in [0.2, 0.25) is 5.91 Å². The van der Waals surface area contributed by atoms with Crippen molar-refractivity contribution in [3.8, 4) is 17.0 Å². The number of fused-ring (bicyclic) bond motifs is 2. The van der Waals surface area contributed by atoms with E-state index in [0.29, 0.717) is 50.9 Å². The van der Waals surface area contributed by atoms with Gasteiger partial charge in [-0.3, -0.25) is 10.1 Å². The first-order valence-electron chi connectivity index (χ1n) is 13.1. The number of carbonyl (C=O) groups is 1. The number of rotatable bonds is 7. The summed E-state index contributed by atoms with van der Waals surface area (Å²) in [6, 6.07) is 8.41. The number of ether oxygens (including phenoxy) is 3. The highest BCUT2D eigenvalue weighted by Gasteiger charge is 2.34. The summed E-state index contributed by atoms with van der Waals surface area (Å²) in [5.74, 6) is 1.03. The largest absolute Gasteiger partial charge is 0.493 e. The van der Waals surface area contributed by atoms with E-state index in [4.69, 9.17) is 14.2 Å². The van der Waals surface area contributed by atoms with Crippen molar-refractivity contribution < 1.29 is 19.0 Å². The number of benzene rings is 1. The van der Waals surface area contributed by atoms with Gasteiger partial charge in [0.1, 0.15) is 12.4 Å². The number of carbonyl (C=O) groups excluding carboxylic acids is 1. The number of methoxy groups -OCH3 is 1. The summed E-state index contributed by atoms with van der Waals surface area (Å²) in [6.07, 6.45) is 3.32. The number of pyridine rings is 1. The predicted octanol–water partition coefficient (Wildman–Crippen LogP) is 3.29. The van der Waals surface area contributed by atoms with Crippen molar-refractivity contribution in [1.82, 2.24) is 29.8 Å². The maximum atomic E-state index is 12.9. The lowest BCUT2D eigenvalue weighted by Crippen LogP contribution is -2.60. The van der Waals surface area contributed by atoms with E-state index < -0.39 is 0 Å². The molecule has 2 aliphatic heterocycles. The standard InChI is InChI=1S/C28H34N6O4/c1-17(2)25-20-9-18(23-13-33(7-8-38-23)24(35)11-30-28(3)14-37-15-28)5-6-21(20)32-26(25)19-10-22(36-4)27-29-16-31-34(27)12-19/h5-6,9-10,12,16-17,23,30,32H,7-8,11,13-15H2,1-4H3. The fourth-order valence-corrected chi connectivity index (χ4v) is 5.43. The maximum Gasteiger partial charge on any atom is 0.236 e. The number of nitrogens with one attached hydrogen (secondary N) is 2. The molecule has 2 saturated heterocycles. The molecule has 4 aromatic rings. The molecule has 2 fully saturated rings. The number of hydrogen-bond donors (Lipinski definition) is 2. The van der Waals surface area contributed by atoms with Crippen LogP contribution in [0.3, 0.4) is 0 Å². The predicted molar refractivity (Wildman–Crippen MR) is 143 cm³/mol. The number of morpholine rings is 1. The zero-order valence-corrected chi connectivity index (χ0v) is 22.3. The molecule has 38 heavy (non-hydrogen) atoms. The number of H-pyrrole nitrogens is 1. The summed E-state index contributed by atoms with van der Waals surface area (Å²) in [6.45, 7) is 9.72. The molecule has 1 aromatic carbocycles. The number of nitrogens with zero attached hydrogens (tertiary/aromatic N) is 4. The van der Waals surface area contributed by atoms with E-state index in [0.717, 1.165) is 27.7 Å². The monoisotopic (exact) mass is 518 g/mol. The highest BCUT2D eigenvalue weighted by molar-refractivity contribution is 5.92. The number of aromatic nitrogens is 4. The normalized spacial score (nSPS) is 19.3. The third kappa shape index (κ3) is 4.42. The Kier molecular flexibility index (Phi) is 6.33. The average molecular weight is 519 g/mol. The highest BCUT2D eigenvalue weighted by Crippen LogP contribution is 2.38. The molecule has 0 aliphatic carbocycles. The van der Waals surface area contributed by atoms with E-state index in [2.05, 4.69) is 59.4 Å². The van der Waals surface area contributed by atoms with Gasteiger partial charge >= 0.3 is 0 Å². The van der Waals surface area contributed by atoms with Gasteiger partial charge < -0.3 is 24.1 Å². The molecule has 1 unspecified atom stereocenters. The molecule has 10 nitrogen and oxygen atoms in total. The first kappa shape index (κ1) is 24.8. The lowest BCUT2D eigenvalue weighted by atomic mass is 9.95. The zero-order chi connectivity index (χ0) is 26.4. The number of hydrogen-bond acceptors (Lipinski definition) is 7. The van der Waals surface area contributed by atoms with Crippen LogP contribution in [0.15, 0.2) is 36.8 Å². The Morgan fingerprint density at radius 1 is 1.32 bits per heavy atom. The smallest absolute Gasteiger partial charge is 0.236 e. The highest BCUT2D eigenvalue weighted by atomic mass is 16.5. The third-order valence-corrected chi connectivity index (χ3v) is 7.59. The minimum atomic E-state index is -0.176. The average Bonchev–Trinajstić information content (AvgIpc) is 3.54. The van der Waals surface area contributed by atoms with Crippen molar-refractivity contribution >= 4 is 22.5 Å². The Morgan fingerprint density at radius 3 is 2.89 bits per heavy atom. The van der Waals surface area contributed by atoms with Crippen LogP contribution in [0.4, 0.5) is 0 Å². The fraction of sp³-hybridized carbons (Fsp3) is 0.464. The SMILES string of the molecule is COc1cc(-c2[nH]c3ccc(C4CN(C(=O)CNC5(C)COC5)CCO4)cc3c2C(C)C)cn2ncnc12. The van der Waals surface area contributed by atoms with Crippen LogP contribution in [0.1, 0.15) is 43.9 Å². The van der Waals surface area contributed by atoms with Gasteiger partial charge in [-0.2, -0.15) is 5.10 Å². The zero-order valence-electron chi connectivity index (χ0n) is 22.3. The molecule has 1 atom stereocenters. The van der Waals surface area contributed by atoms with E-state index in [-0.39, 0.29) is 23.5 Å². The molecule has 2 N–H and O–H groups in total. The van der Waals surface area contributed by atoms with E-state index >= 15 is 0 Å². The number of amides is 1. The van der Waals surface area contributed by atoms with Crippen LogP contribution in [0.5, 0.6) is 5.75 Å². The molecule has 6 rings (SSSR count). The van der Waals surface area contributed by atoms with Crippen LogP contribution in [-0.4, -0.2) is 82.5 Å². The van der Waals surface area contributed by atoms with Crippen molar-refractivity contribution in [1.29, 1.82) is 0 Å². The van der Waals surface area contributed by atoms with Gasteiger partial charge in [-0.25, -0.2) is 9.50 Å². The first-order valence-corrected chi connectivity index (χ1v) is 13.1. The van der Waals surface area contributed by atoms with Gasteiger partial charge in [0, 0.05) is 29.2 Å². The second-order valence-electron chi connectivity index (χ2n) is 10.8. The van der Waals surface area contributed by atoms with Crippen LogP contribution in [0.25, 0.3) is 27.8 Å². The Bertz CT molecular complexity index is 1490. The molecular weight excluding hydrogens is 484 g/mol. The van der Waals surface area contributed by atoms with Gasteiger partial charge in [0.05, 0.1) is 51.3 Å². The number of aromatic amines is 1. The maximum absolute atomic E-state index is 12.9. The fourth-order valence-electron chi connectivity index (χ4n) is 5.43. The van der Waals surface area contributed by atoms with Gasteiger partial charge in [0.15, 0.2) is 11.4 Å². The summed E-state index contributed by atoms with van der Waals surface area (Å²) in [7, 11) is 1.64. The molecule has 0 saturated carbocycles. The van der Waals surface area contributed by atoms with Crippen LogP contribution in [0.2, 0.25) is 0 Å². The molecule has 0 spiro atoms. The van der Waals surface area contributed by atoms with Crippen LogP contribution >= 0.6 is 0 Å². The molecule has 2 aliphatic rings. The second kappa shape index (κ2) is 9.68. The van der Waals surface area contributed by atoms with Crippen LogP contribution < -0.4 is 10.1 Å². The Hall–Kier alpha value is -3.47. The van der Waals surface area contributed by atoms with Crippen molar-refractivity contribution in [2.75, 3.05) is 46.6 Å².